The first-order chi connectivity index (χ1) is 22.1. The molecule has 2 saturated heterocycles. The Morgan fingerprint density at radius 1 is 0.935 bits per heavy atom. The summed E-state index contributed by atoms with van der Waals surface area (Å²) in [6.45, 7) is 9.05. The van der Waals surface area contributed by atoms with E-state index in [1.807, 2.05) is 49.9 Å². The number of piperidine rings is 1. The van der Waals surface area contributed by atoms with Gasteiger partial charge in [-0.3, -0.25) is 4.79 Å². The molecule has 2 N–H and O–H groups in total. The van der Waals surface area contributed by atoms with Crippen LogP contribution in [0.1, 0.15) is 50.4 Å². The van der Waals surface area contributed by atoms with Crippen LogP contribution in [-0.2, 0) is 0 Å². The van der Waals surface area contributed by atoms with Gasteiger partial charge in [-0.2, -0.15) is 4.98 Å². The SMILES string of the molecule is CC(C)(C)C1CN(c2nccc(Oc3ccc(NC(=O)c4cc(F)cc(N5CCCCC5)c4)c4ccccc34)n2)CCN1C(=O)O. The van der Waals surface area contributed by atoms with Gasteiger partial charge in [0, 0.05) is 72.7 Å². The average Bonchev–Trinajstić information content (AvgIpc) is 3.05. The van der Waals surface area contributed by atoms with Crippen LogP contribution in [0.3, 0.4) is 0 Å². The number of carbonyl (C=O) groups is 2. The number of rotatable bonds is 6. The second kappa shape index (κ2) is 12.8. The Morgan fingerprint density at radius 3 is 2.43 bits per heavy atom. The summed E-state index contributed by atoms with van der Waals surface area (Å²) in [6.07, 6.45) is 3.96. The first kappa shape index (κ1) is 31.1. The highest BCUT2D eigenvalue weighted by Crippen LogP contribution is 2.35. The molecular weight excluding hydrogens is 587 g/mol. The number of nitrogens with one attached hydrogen (secondary N) is 1. The van der Waals surface area contributed by atoms with Gasteiger partial charge in [0.25, 0.3) is 5.91 Å². The smallest absolute Gasteiger partial charge is 0.407 e. The Morgan fingerprint density at radius 2 is 1.70 bits per heavy atom. The molecule has 0 radical (unpaired) electrons. The molecule has 240 valence electrons. The highest BCUT2D eigenvalue weighted by Gasteiger charge is 2.38. The molecule has 3 heterocycles. The van der Waals surface area contributed by atoms with Gasteiger partial charge in [0.1, 0.15) is 11.6 Å². The van der Waals surface area contributed by atoms with Gasteiger partial charge in [-0.1, -0.05) is 45.0 Å². The van der Waals surface area contributed by atoms with Crippen LogP contribution in [0.4, 0.5) is 26.5 Å². The average molecular weight is 627 g/mol. The maximum Gasteiger partial charge on any atom is 0.407 e. The van der Waals surface area contributed by atoms with Crippen LogP contribution in [0, 0.1) is 11.2 Å². The van der Waals surface area contributed by atoms with Gasteiger partial charge in [-0.15, -0.1) is 0 Å². The number of carboxylic acid groups (broad SMARTS) is 1. The van der Waals surface area contributed by atoms with E-state index in [2.05, 4.69) is 20.2 Å². The molecule has 11 heteroatoms. The van der Waals surface area contributed by atoms with Crippen molar-refractivity contribution in [2.45, 2.75) is 46.1 Å². The van der Waals surface area contributed by atoms with Crippen molar-refractivity contribution in [2.75, 3.05) is 47.8 Å². The summed E-state index contributed by atoms with van der Waals surface area (Å²) < 4.78 is 20.9. The quantitative estimate of drug-likeness (QED) is 0.235. The lowest BCUT2D eigenvalue weighted by atomic mass is 9.84. The van der Waals surface area contributed by atoms with E-state index in [1.54, 1.807) is 30.5 Å². The normalized spacial score (nSPS) is 17.2. The number of hydrogen-bond acceptors (Lipinski definition) is 7. The van der Waals surface area contributed by atoms with Crippen LogP contribution < -0.4 is 19.9 Å². The van der Waals surface area contributed by atoms with Crippen molar-refractivity contribution in [1.82, 2.24) is 14.9 Å². The molecule has 4 aromatic rings. The number of piperazine rings is 1. The zero-order chi connectivity index (χ0) is 32.4. The number of carbonyl (C=O) groups excluding carboxylic acids is 1. The number of anilines is 3. The molecule has 2 aliphatic rings. The number of hydrogen-bond donors (Lipinski definition) is 2. The molecule has 0 saturated carbocycles. The molecule has 1 aromatic heterocycles. The molecule has 0 bridgehead atoms. The summed E-state index contributed by atoms with van der Waals surface area (Å²) in [5.41, 5.74) is 1.28. The molecule has 2 amide bonds. The predicted molar refractivity (Wildman–Crippen MR) is 177 cm³/mol. The van der Waals surface area contributed by atoms with Crippen molar-refractivity contribution in [3.8, 4) is 11.6 Å². The van der Waals surface area contributed by atoms with E-state index in [9.17, 15) is 19.1 Å². The third-order valence-electron chi connectivity index (χ3n) is 8.74. The first-order valence-electron chi connectivity index (χ1n) is 15.7. The van der Waals surface area contributed by atoms with Crippen LogP contribution in [0.15, 0.2) is 66.9 Å². The fraction of sp³-hybridized carbons (Fsp3) is 0.371. The summed E-state index contributed by atoms with van der Waals surface area (Å²) in [4.78, 5) is 40.0. The van der Waals surface area contributed by atoms with Crippen LogP contribution in [0.5, 0.6) is 11.6 Å². The van der Waals surface area contributed by atoms with E-state index in [4.69, 9.17) is 4.74 Å². The minimum Gasteiger partial charge on any atom is -0.465 e. The standard InChI is InChI=1S/C35H39FN6O4/c1-35(2,3)30-22-41(17-18-42(30)34(44)45)33-37-14-13-31(39-33)46-29-12-11-28(26-9-5-6-10-27(26)29)38-32(43)23-19-24(36)21-25(20-23)40-15-7-4-8-16-40/h5-6,9-14,19-21,30H,4,7-8,15-18,22H2,1-3H3,(H,38,43)(H,44,45). The fourth-order valence-corrected chi connectivity index (χ4v) is 6.29. The molecule has 2 aliphatic heterocycles. The molecular formula is C35H39FN6O4. The molecule has 0 aliphatic carbocycles. The van der Waals surface area contributed by atoms with E-state index in [1.165, 1.54) is 17.0 Å². The monoisotopic (exact) mass is 626 g/mol. The van der Waals surface area contributed by atoms with E-state index in [0.29, 0.717) is 42.9 Å². The zero-order valence-corrected chi connectivity index (χ0v) is 26.4. The highest BCUT2D eigenvalue weighted by molar-refractivity contribution is 6.10. The molecule has 3 aromatic carbocycles. The lowest BCUT2D eigenvalue weighted by Gasteiger charge is -2.45. The molecule has 46 heavy (non-hydrogen) atoms. The van der Waals surface area contributed by atoms with Gasteiger partial charge < -0.3 is 29.9 Å². The number of amides is 2. The van der Waals surface area contributed by atoms with Crippen molar-refractivity contribution in [3.05, 3.63) is 78.2 Å². The minimum absolute atomic E-state index is 0.234. The van der Waals surface area contributed by atoms with E-state index < -0.39 is 17.8 Å². The molecule has 2 fully saturated rings. The molecule has 1 unspecified atom stereocenters. The van der Waals surface area contributed by atoms with Gasteiger partial charge in [-0.05, 0) is 55.0 Å². The van der Waals surface area contributed by atoms with Gasteiger partial charge >= 0.3 is 6.09 Å². The summed E-state index contributed by atoms with van der Waals surface area (Å²) in [7, 11) is 0. The van der Waals surface area contributed by atoms with Crippen molar-refractivity contribution < 1.29 is 23.8 Å². The number of ether oxygens (including phenoxy) is 1. The number of nitrogens with zero attached hydrogens (tertiary/aromatic N) is 5. The largest absolute Gasteiger partial charge is 0.465 e. The Bertz CT molecular complexity index is 1750. The Hall–Kier alpha value is -4.93. The fourth-order valence-electron chi connectivity index (χ4n) is 6.29. The van der Waals surface area contributed by atoms with Gasteiger partial charge in [0.05, 0.1) is 6.04 Å². The predicted octanol–water partition coefficient (Wildman–Crippen LogP) is 7.02. The molecule has 10 nitrogen and oxygen atoms in total. The lowest BCUT2D eigenvalue weighted by Crippen LogP contribution is -2.59. The third-order valence-corrected chi connectivity index (χ3v) is 8.74. The topological polar surface area (TPSA) is 111 Å². The van der Waals surface area contributed by atoms with Crippen molar-refractivity contribution in [3.63, 3.8) is 0 Å². The van der Waals surface area contributed by atoms with Crippen molar-refractivity contribution in [2.24, 2.45) is 5.41 Å². The minimum atomic E-state index is -0.928. The van der Waals surface area contributed by atoms with Crippen LogP contribution in [0.25, 0.3) is 10.8 Å². The van der Waals surface area contributed by atoms with E-state index in [0.717, 1.165) is 48.8 Å². The second-order valence-electron chi connectivity index (χ2n) is 13.0. The maximum atomic E-state index is 14.6. The van der Waals surface area contributed by atoms with Crippen LogP contribution >= 0.6 is 0 Å². The number of halogens is 1. The Balaban J connectivity index is 1.22. The molecule has 1 atom stereocenters. The summed E-state index contributed by atoms with van der Waals surface area (Å²) in [5, 5.41) is 14.2. The first-order valence-corrected chi connectivity index (χ1v) is 15.7. The summed E-state index contributed by atoms with van der Waals surface area (Å²) in [6, 6.07) is 17.0. The van der Waals surface area contributed by atoms with Crippen molar-refractivity contribution in [1.29, 1.82) is 0 Å². The number of benzene rings is 3. The van der Waals surface area contributed by atoms with Gasteiger partial charge in [-0.25, -0.2) is 14.2 Å². The number of fused-ring (bicyclic) bond motifs is 1. The van der Waals surface area contributed by atoms with Crippen molar-refractivity contribution >= 4 is 40.1 Å². The molecule has 0 spiro atoms. The van der Waals surface area contributed by atoms with E-state index >= 15 is 0 Å². The Labute approximate surface area is 267 Å². The maximum absolute atomic E-state index is 14.6. The second-order valence-corrected chi connectivity index (χ2v) is 13.0. The zero-order valence-electron chi connectivity index (χ0n) is 26.4. The molecule has 6 rings (SSSR count). The lowest BCUT2D eigenvalue weighted by molar-refractivity contribution is 0.0744. The number of aromatic nitrogens is 2. The summed E-state index contributed by atoms with van der Waals surface area (Å²) >= 11 is 0. The van der Waals surface area contributed by atoms with Crippen LogP contribution in [-0.4, -0.2) is 70.7 Å². The third kappa shape index (κ3) is 6.68. The van der Waals surface area contributed by atoms with E-state index in [-0.39, 0.29) is 17.0 Å². The van der Waals surface area contributed by atoms with Gasteiger partial charge in [0.2, 0.25) is 11.8 Å². The Kier molecular flexibility index (Phi) is 8.66. The summed E-state index contributed by atoms with van der Waals surface area (Å²) in [5.74, 6) is 0.505. The van der Waals surface area contributed by atoms with Crippen LogP contribution in [0.2, 0.25) is 0 Å². The van der Waals surface area contributed by atoms with Gasteiger partial charge in [0.15, 0.2) is 0 Å². The highest BCUT2D eigenvalue weighted by atomic mass is 19.1.